The molecule has 134 valence electrons. The lowest BCUT2D eigenvalue weighted by atomic mass is 9.98. The minimum Gasteiger partial charge on any atom is -0.467 e. The number of carbonyl (C=O) groups is 1. The van der Waals surface area contributed by atoms with Crippen LogP contribution >= 0.6 is 0 Å². The molecule has 2 rings (SSSR count). The van der Waals surface area contributed by atoms with E-state index in [1.165, 1.54) is 0 Å². The molecule has 0 aliphatic carbocycles. The predicted molar refractivity (Wildman–Crippen MR) is 67.5 cm³/mol. The number of esters is 1. The smallest absolute Gasteiger partial charge is 0.337 e. The Bertz CT molecular complexity index is 418. The average Bonchev–Trinajstić information content (AvgIpc) is 2.53. The molecule has 11 nitrogen and oxygen atoms in total. The molecule has 11 heteroatoms. The van der Waals surface area contributed by atoms with E-state index in [4.69, 9.17) is 14.2 Å². The average molecular weight is 340 g/mol. The fourth-order valence-corrected chi connectivity index (χ4v) is 2.36. The number of aliphatic hydroxyl groups is 6. The Hall–Kier alpha value is -0.890. The van der Waals surface area contributed by atoms with Crippen LogP contribution < -0.4 is 0 Å². The van der Waals surface area contributed by atoms with Crippen molar-refractivity contribution in [2.75, 3.05) is 13.7 Å². The molecule has 2 fully saturated rings. The largest absolute Gasteiger partial charge is 0.467 e. The molecule has 0 radical (unpaired) electrons. The highest BCUT2D eigenvalue weighted by Gasteiger charge is 2.50. The molecule has 0 spiro atoms. The number of rotatable bonds is 3. The topological polar surface area (TPSA) is 175 Å². The van der Waals surface area contributed by atoms with Crippen molar-refractivity contribution in [2.45, 2.75) is 55.3 Å². The first-order valence-corrected chi connectivity index (χ1v) is 6.86. The molecule has 2 saturated heterocycles. The highest BCUT2D eigenvalue weighted by atomic mass is 16.7. The molecule has 2 heterocycles. The third-order valence-corrected chi connectivity index (χ3v) is 3.74. The van der Waals surface area contributed by atoms with Crippen LogP contribution in [0, 0.1) is 0 Å². The summed E-state index contributed by atoms with van der Waals surface area (Å²) >= 11 is 0. The third kappa shape index (κ3) is 3.63. The molecular weight excluding hydrogens is 320 g/mol. The van der Waals surface area contributed by atoms with Crippen LogP contribution in [0.4, 0.5) is 0 Å². The number of carbonyl (C=O) groups excluding carboxylic acids is 1. The number of ether oxygens (including phenoxy) is 4. The Kier molecular flexibility index (Phi) is 5.89. The van der Waals surface area contributed by atoms with Gasteiger partial charge in [-0.3, -0.25) is 0 Å². The molecule has 0 aromatic heterocycles. The molecule has 2 aliphatic rings. The second-order valence-corrected chi connectivity index (χ2v) is 5.30. The second kappa shape index (κ2) is 7.34. The summed E-state index contributed by atoms with van der Waals surface area (Å²) < 4.78 is 19.3. The summed E-state index contributed by atoms with van der Waals surface area (Å²) in [4.78, 5) is 11.4. The van der Waals surface area contributed by atoms with E-state index < -0.39 is 61.3 Å². The van der Waals surface area contributed by atoms with Crippen molar-refractivity contribution in [3.8, 4) is 0 Å². The van der Waals surface area contributed by atoms with Gasteiger partial charge in [-0.2, -0.15) is 0 Å². The van der Waals surface area contributed by atoms with E-state index in [2.05, 4.69) is 4.74 Å². The lowest BCUT2D eigenvalue weighted by Gasteiger charge is -2.42. The minimum atomic E-state index is -1.84. The molecule has 23 heavy (non-hydrogen) atoms. The fourth-order valence-electron chi connectivity index (χ4n) is 2.36. The Morgan fingerprint density at radius 3 is 2.26 bits per heavy atom. The van der Waals surface area contributed by atoms with Crippen molar-refractivity contribution in [2.24, 2.45) is 0 Å². The molecule has 2 aliphatic heterocycles. The third-order valence-electron chi connectivity index (χ3n) is 3.74. The van der Waals surface area contributed by atoms with E-state index in [-0.39, 0.29) is 6.61 Å². The summed E-state index contributed by atoms with van der Waals surface area (Å²) in [5.74, 6) is -0.999. The lowest BCUT2D eigenvalue weighted by Crippen LogP contribution is -2.63. The second-order valence-electron chi connectivity index (χ2n) is 5.30. The first kappa shape index (κ1) is 18.4. The van der Waals surface area contributed by atoms with Crippen molar-refractivity contribution >= 4 is 5.97 Å². The van der Waals surface area contributed by atoms with Crippen molar-refractivity contribution in [3.63, 3.8) is 0 Å². The summed E-state index contributed by atoms with van der Waals surface area (Å²) in [5.41, 5.74) is 0. The molecule has 9 atom stereocenters. The van der Waals surface area contributed by atoms with Gasteiger partial charge in [-0.1, -0.05) is 0 Å². The summed E-state index contributed by atoms with van der Waals surface area (Å²) in [5, 5.41) is 58.3. The highest BCUT2D eigenvalue weighted by Crippen LogP contribution is 2.27. The predicted octanol–water partition coefficient (Wildman–Crippen LogP) is -4.58. The zero-order valence-electron chi connectivity index (χ0n) is 12.1. The monoisotopic (exact) mass is 340 g/mol. The van der Waals surface area contributed by atoms with Crippen LogP contribution in [0.25, 0.3) is 0 Å². The summed E-state index contributed by atoms with van der Waals surface area (Å²) in [7, 11) is 1.04. The van der Waals surface area contributed by atoms with E-state index in [1.54, 1.807) is 0 Å². The molecule has 0 aromatic carbocycles. The number of hydrogen-bond donors (Lipinski definition) is 6. The van der Waals surface area contributed by atoms with Crippen LogP contribution in [-0.4, -0.2) is 106 Å². The van der Waals surface area contributed by atoms with Gasteiger partial charge in [0, 0.05) is 0 Å². The SMILES string of the molecule is COC(=O)[C@H]1O[C@@H](O)[C@H](O[C@@H]2OC[C@@H](O)[C@H](O)[C@H]2O)[C@@H](O)[C@@H]1O. The summed E-state index contributed by atoms with van der Waals surface area (Å²) in [6.45, 7) is -0.351. The van der Waals surface area contributed by atoms with Gasteiger partial charge < -0.3 is 49.6 Å². The molecular formula is C12H20O11. The lowest BCUT2D eigenvalue weighted by molar-refractivity contribution is -0.345. The number of methoxy groups -OCH3 is 1. The van der Waals surface area contributed by atoms with Crippen molar-refractivity contribution in [1.82, 2.24) is 0 Å². The van der Waals surface area contributed by atoms with Crippen LogP contribution in [0.15, 0.2) is 0 Å². The van der Waals surface area contributed by atoms with Crippen molar-refractivity contribution in [3.05, 3.63) is 0 Å². The van der Waals surface area contributed by atoms with Crippen molar-refractivity contribution < 1.29 is 54.4 Å². The van der Waals surface area contributed by atoms with E-state index in [9.17, 15) is 35.4 Å². The van der Waals surface area contributed by atoms with Crippen LogP contribution in [0.3, 0.4) is 0 Å². The molecule has 0 bridgehead atoms. The van der Waals surface area contributed by atoms with E-state index in [0.717, 1.165) is 7.11 Å². The van der Waals surface area contributed by atoms with Crippen LogP contribution in [0.2, 0.25) is 0 Å². The standard InChI is InChI=1S/C12H20O11/c1-20-10(18)8-5(15)6(16)9(11(19)22-8)23-12-7(17)4(14)3(13)2-21-12/h3-9,11-17,19H,2H2,1H3/t3-,4+,5+,6+,7-,8+,9-,11-,12+/m1/s1. The zero-order valence-corrected chi connectivity index (χ0v) is 12.1. The Labute approximate surface area is 130 Å². The first-order chi connectivity index (χ1) is 10.8. The van der Waals surface area contributed by atoms with Crippen LogP contribution in [-0.2, 0) is 23.7 Å². The quantitative estimate of drug-likeness (QED) is 0.273. The molecule has 6 N–H and O–H groups in total. The molecule has 0 unspecified atom stereocenters. The van der Waals surface area contributed by atoms with Gasteiger partial charge in [0.05, 0.1) is 13.7 Å². The van der Waals surface area contributed by atoms with E-state index in [1.807, 2.05) is 0 Å². The minimum absolute atomic E-state index is 0.351. The summed E-state index contributed by atoms with van der Waals surface area (Å²) in [6, 6.07) is 0. The van der Waals surface area contributed by atoms with Crippen LogP contribution in [0.5, 0.6) is 0 Å². The van der Waals surface area contributed by atoms with Gasteiger partial charge >= 0.3 is 5.97 Å². The number of hydrogen-bond acceptors (Lipinski definition) is 11. The number of aliphatic hydroxyl groups excluding tert-OH is 6. The first-order valence-electron chi connectivity index (χ1n) is 6.86. The normalized spacial score (nSPS) is 48.0. The Balaban J connectivity index is 2.04. The van der Waals surface area contributed by atoms with Gasteiger partial charge in [0.15, 0.2) is 18.7 Å². The Morgan fingerprint density at radius 1 is 1.00 bits per heavy atom. The maximum absolute atomic E-state index is 11.4. The van der Waals surface area contributed by atoms with Gasteiger partial charge in [0.1, 0.15) is 36.6 Å². The van der Waals surface area contributed by atoms with E-state index in [0.29, 0.717) is 0 Å². The maximum atomic E-state index is 11.4. The Morgan fingerprint density at radius 2 is 1.65 bits per heavy atom. The fraction of sp³-hybridized carbons (Fsp3) is 0.917. The molecule has 0 aromatic rings. The summed E-state index contributed by atoms with van der Waals surface area (Å²) in [6.07, 6.45) is -14.6. The van der Waals surface area contributed by atoms with Gasteiger partial charge in [-0.05, 0) is 0 Å². The van der Waals surface area contributed by atoms with Gasteiger partial charge in [-0.15, -0.1) is 0 Å². The zero-order chi connectivity index (χ0) is 17.3. The maximum Gasteiger partial charge on any atom is 0.337 e. The molecule has 0 saturated carbocycles. The highest BCUT2D eigenvalue weighted by molar-refractivity contribution is 5.75. The van der Waals surface area contributed by atoms with E-state index >= 15 is 0 Å². The van der Waals surface area contributed by atoms with Gasteiger partial charge in [0.2, 0.25) is 0 Å². The molecule has 0 amide bonds. The van der Waals surface area contributed by atoms with Gasteiger partial charge in [0.25, 0.3) is 0 Å². The van der Waals surface area contributed by atoms with Gasteiger partial charge in [-0.25, -0.2) is 4.79 Å². The van der Waals surface area contributed by atoms with Crippen molar-refractivity contribution in [1.29, 1.82) is 0 Å². The van der Waals surface area contributed by atoms with Crippen LogP contribution in [0.1, 0.15) is 0 Å².